The number of aliphatic imine (C=N–C) groups is 1. The second-order valence-corrected chi connectivity index (χ2v) is 6.24. The van der Waals surface area contributed by atoms with Crippen molar-refractivity contribution in [1.82, 2.24) is 15.2 Å². The lowest BCUT2D eigenvalue weighted by Gasteiger charge is -2.37. The Kier molecular flexibility index (Phi) is 5.65. The molecule has 0 radical (unpaired) electrons. The molecule has 0 bridgehead atoms. The molecule has 1 N–H and O–H groups in total. The monoisotopic (exact) mass is 359 g/mol. The Labute approximate surface area is 152 Å². The van der Waals surface area contributed by atoms with Crippen molar-refractivity contribution in [2.45, 2.75) is 13.5 Å². The van der Waals surface area contributed by atoms with Gasteiger partial charge < -0.3 is 15.1 Å². The van der Waals surface area contributed by atoms with Gasteiger partial charge in [0.1, 0.15) is 11.6 Å². The van der Waals surface area contributed by atoms with Crippen molar-refractivity contribution < 1.29 is 8.78 Å². The third-order valence-corrected chi connectivity index (χ3v) is 4.57. The molecular weight excluding hydrogens is 336 g/mol. The number of hydrogen-bond donors (Lipinski definition) is 1. The summed E-state index contributed by atoms with van der Waals surface area (Å²) in [5, 5.41) is 3.33. The van der Waals surface area contributed by atoms with Crippen molar-refractivity contribution in [2.75, 3.05) is 38.1 Å². The fourth-order valence-corrected chi connectivity index (χ4v) is 3.09. The Morgan fingerprint density at radius 2 is 1.96 bits per heavy atom. The van der Waals surface area contributed by atoms with Gasteiger partial charge in [0.25, 0.3) is 0 Å². The van der Waals surface area contributed by atoms with Crippen LogP contribution >= 0.6 is 0 Å². The molecule has 0 atom stereocenters. The zero-order chi connectivity index (χ0) is 18.5. The molecule has 26 heavy (non-hydrogen) atoms. The number of aromatic nitrogens is 1. The summed E-state index contributed by atoms with van der Waals surface area (Å²) in [6.45, 7) is 5.18. The van der Waals surface area contributed by atoms with E-state index in [-0.39, 0.29) is 0 Å². The molecular formula is C19H23F2N5. The van der Waals surface area contributed by atoms with E-state index in [1.54, 1.807) is 13.2 Å². The van der Waals surface area contributed by atoms with Crippen LogP contribution in [0.25, 0.3) is 0 Å². The molecule has 7 heteroatoms. The normalized spacial score (nSPS) is 15.3. The van der Waals surface area contributed by atoms with Gasteiger partial charge in [-0.05, 0) is 30.7 Å². The Bertz CT molecular complexity index is 785. The summed E-state index contributed by atoms with van der Waals surface area (Å²) in [6, 6.07) is 7.51. The largest absolute Gasteiger partial charge is 0.366 e. The minimum Gasteiger partial charge on any atom is -0.366 e. The van der Waals surface area contributed by atoms with Crippen molar-refractivity contribution in [3.05, 3.63) is 59.4 Å². The fourth-order valence-electron chi connectivity index (χ4n) is 3.09. The quantitative estimate of drug-likeness (QED) is 0.676. The van der Waals surface area contributed by atoms with Crippen molar-refractivity contribution in [3.8, 4) is 0 Å². The number of piperazine rings is 1. The lowest BCUT2D eigenvalue weighted by Crippen LogP contribution is -2.52. The zero-order valence-corrected chi connectivity index (χ0v) is 15.0. The van der Waals surface area contributed by atoms with Crippen LogP contribution in [0.4, 0.5) is 14.5 Å². The SMILES string of the molecule is CN=C(NCc1ncccc1C)N1CCN(c2cc(F)ccc2F)CC1. The van der Waals surface area contributed by atoms with Gasteiger partial charge in [0.05, 0.1) is 17.9 Å². The Hall–Kier alpha value is -2.70. The van der Waals surface area contributed by atoms with Crippen molar-refractivity contribution in [3.63, 3.8) is 0 Å². The van der Waals surface area contributed by atoms with Crippen LogP contribution in [0.2, 0.25) is 0 Å². The highest BCUT2D eigenvalue weighted by Crippen LogP contribution is 2.22. The maximum absolute atomic E-state index is 14.0. The van der Waals surface area contributed by atoms with Gasteiger partial charge in [0.2, 0.25) is 0 Å². The van der Waals surface area contributed by atoms with Crippen LogP contribution < -0.4 is 10.2 Å². The molecule has 1 aliphatic heterocycles. The average molecular weight is 359 g/mol. The number of nitrogens with zero attached hydrogens (tertiary/aromatic N) is 4. The summed E-state index contributed by atoms with van der Waals surface area (Å²) in [5.74, 6) is -0.0329. The maximum Gasteiger partial charge on any atom is 0.194 e. The molecule has 138 valence electrons. The molecule has 1 aromatic carbocycles. The van der Waals surface area contributed by atoms with Crippen LogP contribution in [-0.4, -0.2) is 49.1 Å². The van der Waals surface area contributed by atoms with E-state index in [1.165, 1.54) is 12.1 Å². The molecule has 2 aromatic rings. The van der Waals surface area contributed by atoms with Gasteiger partial charge in [-0.1, -0.05) is 6.07 Å². The van der Waals surface area contributed by atoms with Crippen LogP contribution in [0.15, 0.2) is 41.5 Å². The minimum absolute atomic E-state index is 0.316. The zero-order valence-electron chi connectivity index (χ0n) is 15.0. The lowest BCUT2D eigenvalue weighted by molar-refractivity contribution is 0.370. The van der Waals surface area contributed by atoms with Crippen LogP contribution in [0.1, 0.15) is 11.3 Å². The van der Waals surface area contributed by atoms with Gasteiger partial charge in [0.15, 0.2) is 5.96 Å². The number of hydrogen-bond acceptors (Lipinski definition) is 3. The molecule has 0 spiro atoms. The van der Waals surface area contributed by atoms with Crippen molar-refractivity contribution >= 4 is 11.6 Å². The van der Waals surface area contributed by atoms with E-state index in [9.17, 15) is 8.78 Å². The molecule has 2 heterocycles. The van der Waals surface area contributed by atoms with E-state index in [4.69, 9.17) is 0 Å². The maximum atomic E-state index is 14.0. The number of pyridine rings is 1. The van der Waals surface area contributed by atoms with E-state index in [0.717, 1.165) is 23.3 Å². The highest BCUT2D eigenvalue weighted by Gasteiger charge is 2.22. The van der Waals surface area contributed by atoms with Crippen molar-refractivity contribution in [1.29, 1.82) is 0 Å². The topological polar surface area (TPSA) is 43.8 Å². The van der Waals surface area contributed by atoms with Gasteiger partial charge in [-0.25, -0.2) is 8.78 Å². The Balaban J connectivity index is 1.59. The van der Waals surface area contributed by atoms with Gasteiger partial charge >= 0.3 is 0 Å². The standard InChI is InChI=1S/C19H23F2N5/c1-14-4-3-7-23-17(14)13-24-19(22-2)26-10-8-25(9-11-26)18-12-15(20)5-6-16(18)21/h3-7,12H,8-11,13H2,1-2H3,(H,22,24). The molecule has 3 rings (SSSR count). The first-order valence-electron chi connectivity index (χ1n) is 8.64. The van der Waals surface area contributed by atoms with E-state index >= 15 is 0 Å². The molecule has 1 aromatic heterocycles. The smallest absolute Gasteiger partial charge is 0.194 e. The molecule has 0 unspecified atom stereocenters. The van der Waals surface area contributed by atoms with Crippen molar-refractivity contribution in [2.24, 2.45) is 4.99 Å². The predicted molar refractivity (Wildman–Crippen MR) is 99.3 cm³/mol. The summed E-state index contributed by atoms with van der Waals surface area (Å²) < 4.78 is 27.4. The molecule has 5 nitrogen and oxygen atoms in total. The van der Waals surface area contributed by atoms with Gasteiger partial charge in [-0.15, -0.1) is 0 Å². The van der Waals surface area contributed by atoms with Gasteiger partial charge in [-0.2, -0.15) is 0 Å². The Morgan fingerprint density at radius 3 is 2.65 bits per heavy atom. The average Bonchev–Trinajstić information content (AvgIpc) is 2.66. The van der Waals surface area contributed by atoms with E-state index in [2.05, 4.69) is 20.2 Å². The first-order chi connectivity index (χ1) is 12.6. The van der Waals surface area contributed by atoms with Crippen LogP contribution in [0.3, 0.4) is 0 Å². The first-order valence-corrected chi connectivity index (χ1v) is 8.64. The van der Waals surface area contributed by atoms with Crippen LogP contribution in [0, 0.1) is 18.6 Å². The number of nitrogens with one attached hydrogen (secondary N) is 1. The summed E-state index contributed by atoms with van der Waals surface area (Å²) in [5.41, 5.74) is 2.42. The van der Waals surface area contributed by atoms with Gasteiger partial charge in [-0.3, -0.25) is 9.98 Å². The number of rotatable bonds is 3. The highest BCUT2D eigenvalue weighted by atomic mass is 19.1. The summed E-state index contributed by atoms with van der Waals surface area (Å²) >= 11 is 0. The second kappa shape index (κ2) is 8.12. The second-order valence-electron chi connectivity index (χ2n) is 6.24. The fraction of sp³-hybridized carbons (Fsp3) is 0.368. The third-order valence-electron chi connectivity index (χ3n) is 4.57. The van der Waals surface area contributed by atoms with Gasteiger partial charge in [0, 0.05) is 45.5 Å². The molecule has 0 aliphatic carbocycles. The first kappa shape index (κ1) is 18.1. The van der Waals surface area contributed by atoms with Crippen LogP contribution in [-0.2, 0) is 6.54 Å². The lowest BCUT2D eigenvalue weighted by atomic mass is 10.2. The van der Waals surface area contributed by atoms with E-state index in [1.807, 2.05) is 24.0 Å². The molecule has 0 amide bonds. The number of anilines is 1. The summed E-state index contributed by atoms with van der Waals surface area (Å²) in [6.07, 6.45) is 1.78. The Morgan fingerprint density at radius 1 is 1.19 bits per heavy atom. The minimum atomic E-state index is -0.424. The van der Waals surface area contributed by atoms with E-state index in [0.29, 0.717) is 38.4 Å². The number of halogens is 2. The molecule has 1 saturated heterocycles. The molecule has 0 saturated carbocycles. The predicted octanol–water partition coefficient (Wildman–Crippen LogP) is 2.57. The number of guanidine groups is 1. The van der Waals surface area contributed by atoms with Crippen LogP contribution in [0.5, 0.6) is 0 Å². The molecule has 1 fully saturated rings. The molecule has 1 aliphatic rings. The third kappa shape index (κ3) is 4.09. The summed E-state index contributed by atoms with van der Waals surface area (Å²) in [7, 11) is 1.74. The number of benzene rings is 1. The highest BCUT2D eigenvalue weighted by molar-refractivity contribution is 5.80. The van der Waals surface area contributed by atoms with E-state index < -0.39 is 11.6 Å². The number of aryl methyl sites for hydroxylation is 1. The summed E-state index contributed by atoms with van der Waals surface area (Å²) in [4.78, 5) is 12.7.